The van der Waals surface area contributed by atoms with Crippen LogP contribution in [-0.2, 0) is 0 Å². The van der Waals surface area contributed by atoms with Gasteiger partial charge in [-0.05, 0) is 6.92 Å². The number of aliphatic hydroxyl groups excluding tert-OH is 1. The Balaban J connectivity index is 2.28. The third-order valence-electron chi connectivity index (χ3n) is 2.56. The zero-order chi connectivity index (χ0) is 14.5. The summed E-state index contributed by atoms with van der Waals surface area (Å²) in [5.74, 6) is 0.167. The number of guanidine groups is 1. The minimum atomic E-state index is -0.814. The van der Waals surface area contributed by atoms with Gasteiger partial charge in [0.2, 0.25) is 5.96 Å². The number of quaternary nitrogens is 1. The van der Waals surface area contributed by atoms with Gasteiger partial charge >= 0.3 is 6.03 Å². The number of carbonyl (C=O) groups is 1. The van der Waals surface area contributed by atoms with Gasteiger partial charge in [-0.1, -0.05) is 0 Å². The Bertz CT molecular complexity index is 384. The molecule has 1 aliphatic heterocycles. The Morgan fingerprint density at radius 1 is 1.47 bits per heavy atom. The lowest BCUT2D eigenvalue weighted by Crippen LogP contribution is -2.42. The van der Waals surface area contributed by atoms with E-state index >= 15 is 0 Å². The maximum Gasteiger partial charge on any atom is 0.321 e. The Hall–Kier alpha value is -1.47. The molecule has 0 bridgehead atoms. The molecule has 1 aliphatic rings. The summed E-state index contributed by atoms with van der Waals surface area (Å²) in [5.41, 5.74) is 0.753. The Kier molecular flexibility index (Phi) is 5.44. The molecule has 7 nitrogen and oxygen atoms in total. The van der Waals surface area contributed by atoms with Crippen molar-refractivity contribution in [3.8, 4) is 0 Å². The Labute approximate surface area is 114 Å². The van der Waals surface area contributed by atoms with Crippen molar-refractivity contribution in [1.29, 1.82) is 0 Å². The predicted molar refractivity (Wildman–Crippen MR) is 75.2 cm³/mol. The van der Waals surface area contributed by atoms with Crippen LogP contribution in [0.4, 0.5) is 4.79 Å². The van der Waals surface area contributed by atoms with E-state index in [9.17, 15) is 9.90 Å². The van der Waals surface area contributed by atoms with Crippen molar-refractivity contribution >= 4 is 17.7 Å². The number of carbonyl (C=O) groups excluding carboxylic acids is 1. The molecule has 0 saturated carbocycles. The van der Waals surface area contributed by atoms with Crippen molar-refractivity contribution in [3.63, 3.8) is 0 Å². The minimum absolute atomic E-state index is 0.167. The lowest BCUT2D eigenvalue weighted by Gasteiger charge is -2.23. The van der Waals surface area contributed by atoms with E-state index in [0.717, 1.165) is 23.2 Å². The van der Waals surface area contributed by atoms with Crippen molar-refractivity contribution in [1.82, 2.24) is 10.6 Å². The second-order valence-electron chi connectivity index (χ2n) is 5.73. The number of aliphatic hydroxyl groups is 1. The fourth-order valence-electron chi connectivity index (χ4n) is 1.67. The van der Waals surface area contributed by atoms with Crippen LogP contribution >= 0.6 is 0 Å². The highest BCUT2D eigenvalue weighted by Gasteiger charge is 2.14. The highest BCUT2D eigenvalue weighted by Crippen LogP contribution is 2.03. The van der Waals surface area contributed by atoms with Crippen LogP contribution in [0.5, 0.6) is 0 Å². The topological polar surface area (TPSA) is 86.1 Å². The summed E-state index contributed by atoms with van der Waals surface area (Å²) in [6, 6.07) is -0.342. The molecule has 0 aromatic rings. The average molecular weight is 270 g/mol. The van der Waals surface area contributed by atoms with Gasteiger partial charge in [-0.15, -0.1) is 0 Å². The average Bonchev–Trinajstić information content (AvgIpc) is 2.21. The van der Waals surface area contributed by atoms with Crippen LogP contribution in [0.25, 0.3) is 0 Å². The summed E-state index contributed by atoms with van der Waals surface area (Å²) in [4.78, 5) is 19.5. The zero-order valence-electron chi connectivity index (χ0n) is 12.1. The Morgan fingerprint density at radius 2 is 2.16 bits per heavy atom. The van der Waals surface area contributed by atoms with Crippen molar-refractivity contribution in [2.45, 2.75) is 26.0 Å². The van der Waals surface area contributed by atoms with E-state index in [1.54, 1.807) is 6.92 Å². The zero-order valence-corrected chi connectivity index (χ0v) is 12.1. The fraction of sp³-hybridized carbons (Fsp3) is 0.750. The summed E-state index contributed by atoms with van der Waals surface area (Å²) >= 11 is 0. The summed E-state index contributed by atoms with van der Waals surface area (Å²) < 4.78 is 0.867. The molecule has 0 radical (unpaired) electrons. The molecule has 3 N–H and O–H groups in total. The number of aliphatic imine (C=N–C) groups is 2. The molecule has 0 saturated heterocycles. The molecule has 0 spiro atoms. The Morgan fingerprint density at radius 3 is 2.74 bits per heavy atom. The SMILES string of the molecule is CC1=NC(NC(=O)NCCC[N+](C)(C)C)=NC(O)C1. The first-order valence-electron chi connectivity index (χ1n) is 6.41. The monoisotopic (exact) mass is 270 g/mol. The largest absolute Gasteiger partial charge is 0.371 e. The molecular weight excluding hydrogens is 246 g/mol. The molecule has 0 aliphatic carbocycles. The molecule has 1 unspecified atom stereocenters. The van der Waals surface area contributed by atoms with Crippen LogP contribution in [0.1, 0.15) is 19.8 Å². The fourth-order valence-corrected chi connectivity index (χ4v) is 1.67. The molecule has 1 heterocycles. The summed E-state index contributed by atoms with van der Waals surface area (Å²) in [5, 5.41) is 14.7. The van der Waals surface area contributed by atoms with E-state index < -0.39 is 6.23 Å². The molecule has 108 valence electrons. The van der Waals surface area contributed by atoms with Gasteiger partial charge in [0.05, 0.1) is 27.7 Å². The third-order valence-corrected chi connectivity index (χ3v) is 2.56. The number of nitrogens with zero attached hydrogens (tertiary/aromatic N) is 3. The van der Waals surface area contributed by atoms with E-state index in [1.807, 2.05) is 0 Å². The lowest BCUT2D eigenvalue weighted by atomic mass is 10.2. The van der Waals surface area contributed by atoms with Crippen molar-refractivity contribution in [2.75, 3.05) is 34.2 Å². The van der Waals surface area contributed by atoms with Gasteiger partial charge in [-0.3, -0.25) is 5.32 Å². The maximum atomic E-state index is 11.6. The smallest absolute Gasteiger partial charge is 0.321 e. The minimum Gasteiger partial charge on any atom is -0.371 e. The van der Waals surface area contributed by atoms with Gasteiger partial charge in [-0.25, -0.2) is 14.8 Å². The number of nitrogens with one attached hydrogen (secondary N) is 2. The van der Waals surface area contributed by atoms with Crippen LogP contribution in [0.15, 0.2) is 9.98 Å². The van der Waals surface area contributed by atoms with Gasteiger partial charge < -0.3 is 14.9 Å². The molecule has 19 heavy (non-hydrogen) atoms. The van der Waals surface area contributed by atoms with E-state index in [4.69, 9.17) is 0 Å². The van der Waals surface area contributed by atoms with Gasteiger partial charge in [0.15, 0.2) is 6.23 Å². The molecule has 1 rings (SSSR count). The van der Waals surface area contributed by atoms with Gasteiger partial charge in [0, 0.05) is 25.1 Å². The molecule has 1 atom stereocenters. The second-order valence-corrected chi connectivity index (χ2v) is 5.73. The molecule has 2 amide bonds. The predicted octanol–water partition coefficient (Wildman–Crippen LogP) is -0.0791. The first-order valence-corrected chi connectivity index (χ1v) is 6.41. The number of hydrogen-bond donors (Lipinski definition) is 3. The van der Waals surface area contributed by atoms with Crippen LogP contribution in [-0.4, -0.2) is 67.8 Å². The molecule has 0 aromatic carbocycles. The van der Waals surface area contributed by atoms with Gasteiger partial charge in [0.25, 0.3) is 0 Å². The summed E-state index contributed by atoms with van der Waals surface area (Å²) in [6.07, 6.45) is 0.496. The maximum absolute atomic E-state index is 11.6. The van der Waals surface area contributed by atoms with Crippen LogP contribution < -0.4 is 10.6 Å². The van der Waals surface area contributed by atoms with E-state index in [2.05, 4.69) is 41.8 Å². The molecule has 7 heteroatoms. The van der Waals surface area contributed by atoms with E-state index in [1.165, 1.54) is 0 Å². The highest BCUT2D eigenvalue weighted by molar-refractivity contribution is 6.04. The van der Waals surface area contributed by atoms with Crippen LogP contribution in [0.2, 0.25) is 0 Å². The standard InChI is InChI=1S/C12H23N5O2/c1-9-8-10(18)15-11(14-9)16-12(19)13-6-5-7-17(2,3)4/h10,18H,5-8H2,1-4H3,(H-,13,15,16,19)/p+1. The molecule has 0 aromatic heterocycles. The van der Waals surface area contributed by atoms with Crippen molar-refractivity contribution < 1.29 is 14.4 Å². The van der Waals surface area contributed by atoms with Crippen molar-refractivity contribution in [2.24, 2.45) is 9.98 Å². The molecule has 0 fully saturated rings. The number of rotatable bonds is 4. The summed E-state index contributed by atoms with van der Waals surface area (Å²) in [6.45, 7) is 3.37. The first kappa shape index (κ1) is 15.6. The highest BCUT2D eigenvalue weighted by atomic mass is 16.3. The second kappa shape index (κ2) is 6.63. The third kappa shape index (κ3) is 6.88. The number of amides is 2. The number of hydrogen-bond acceptors (Lipinski definition) is 4. The lowest BCUT2D eigenvalue weighted by molar-refractivity contribution is -0.870. The van der Waals surface area contributed by atoms with E-state index in [-0.39, 0.29) is 12.0 Å². The molecular formula is C12H24N5O2+. The number of urea groups is 1. The van der Waals surface area contributed by atoms with E-state index in [0.29, 0.717) is 13.0 Å². The first-order chi connectivity index (χ1) is 8.76. The van der Waals surface area contributed by atoms with Gasteiger partial charge in [0.1, 0.15) is 0 Å². The van der Waals surface area contributed by atoms with Crippen LogP contribution in [0, 0.1) is 0 Å². The van der Waals surface area contributed by atoms with Crippen LogP contribution in [0.3, 0.4) is 0 Å². The normalized spacial score (nSPS) is 19.5. The van der Waals surface area contributed by atoms with Gasteiger partial charge in [-0.2, -0.15) is 0 Å². The summed E-state index contributed by atoms with van der Waals surface area (Å²) in [7, 11) is 6.32. The van der Waals surface area contributed by atoms with Crippen molar-refractivity contribution in [3.05, 3.63) is 0 Å². The quantitative estimate of drug-likeness (QED) is 0.493.